The summed E-state index contributed by atoms with van der Waals surface area (Å²) in [5, 5.41) is 31.8. The van der Waals surface area contributed by atoms with Crippen LogP contribution in [0.3, 0.4) is 0 Å². The highest BCUT2D eigenvalue weighted by atomic mass is 16.6. The van der Waals surface area contributed by atoms with E-state index in [-0.39, 0.29) is 35.9 Å². The minimum atomic E-state index is -1.07. The second-order valence-electron chi connectivity index (χ2n) is 4.82. The van der Waals surface area contributed by atoms with Crippen LogP contribution in [0.15, 0.2) is 0 Å². The van der Waals surface area contributed by atoms with Gasteiger partial charge < -0.3 is 30.3 Å². The summed E-state index contributed by atoms with van der Waals surface area (Å²) in [5.41, 5.74) is 0.277. The van der Waals surface area contributed by atoms with E-state index in [0.717, 1.165) is 0 Å². The van der Waals surface area contributed by atoms with Gasteiger partial charge in [0, 0.05) is 26.7 Å². The number of imidazole rings is 2. The Balaban J connectivity index is 2.16. The van der Waals surface area contributed by atoms with Gasteiger partial charge >= 0.3 is 11.6 Å². The molecule has 3 N–H and O–H groups in total. The van der Waals surface area contributed by atoms with Gasteiger partial charge in [0.05, 0.1) is 6.10 Å². The second kappa shape index (κ2) is 5.89. The van der Waals surface area contributed by atoms with Crippen LogP contribution in [0, 0.1) is 34.1 Å². The molecule has 0 amide bonds. The zero-order valence-corrected chi connectivity index (χ0v) is 11.9. The number of H-pyrrole nitrogens is 2. The number of aromatic amines is 2. The van der Waals surface area contributed by atoms with Crippen LogP contribution in [0.2, 0.25) is 0 Å². The lowest BCUT2D eigenvalue weighted by Gasteiger charge is -2.07. The molecule has 2 rings (SSSR count). The number of hydrogen-bond donors (Lipinski definition) is 3. The molecular weight excluding hydrogens is 296 g/mol. The molecule has 22 heavy (non-hydrogen) atoms. The molecule has 0 aliphatic heterocycles. The van der Waals surface area contributed by atoms with Gasteiger partial charge in [-0.25, -0.2) is 9.97 Å². The molecule has 1 unspecified atom stereocenters. The van der Waals surface area contributed by atoms with E-state index in [4.69, 9.17) is 0 Å². The Hall–Kier alpha value is -2.82. The van der Waals surface area contributed by atoms with Crippen molar-refractivity contribution in [2.75, 3.05) is 0 Å². The first-order valence-corrected chi connectivity index (χ1v) is 6.35. The van der Waals surface area contributed by atoms with Crippen molar-refractivity contribution in [2.24, 2.45) is 0 Å². The highest BCUT2D eigenvalue weighted by molar-refractivity contribution is 5.31. The lowest BCUT2D eigenvalue weighted by atomic mass is 10.1. The molecule has 0 aromatic carbocycles. The Labute approximate surface area is 123 Å². The molecule has 118 valence electrons. The van der Waals surface area contributed by atoms with Crippen LogP contribution in [0.1, 0.15) is 23.0 Å². The van der Waals surface area contributed by atoms with E-state index in [1.165, 1.54) is 0 Å². The molecule has 2 aromatic rings. The molecule has 0 aliphatic carbocycles. The van der Waals surface area contributed by atoms with Crippen LogP contribution in [-0.4, -0.2) is 41.0 Å². The average Bonchev–Trinajstić information content (AvgIpc) is 2.92. The van der Waals surface area contributed by atoms with E-state index in [1.54, 1.807) is 13.8 Å². The van der Waals surface area contributed by atoms with Gasteiger partial charge in [-0.05, 0) is 14.8 Å². The minimum absolute atomic E-state index is 0.0831. The number of aromatic nitrogens is 4. The molecule has 0 saturated heterocycles. The standard InChI is InChI=1S/C11H14N6O5/c1-5-12-8(10(14-5)16(19)20)3-7(18)4-9-11(17(21)22)15-6(2)13-9/h7,18H,3-4H2,1-2H3,(H,12,14)(H,13,15). The quantitative estimate of drug-likeness (QED) is 0.522. The van der Waals surface area contributed by atoms with Gasteiger partial charge in [0.25, 0.3) is 0 Å². The summed E-state index contributed by atoms with van der Waals surface area (Å²) >= 11 is 0. The van der Waals surface area contributed by atoms with Crippen LogP contribution < -0.4 is 0 Å². The zero-order valence-electron chi connectivity index (χ0n) is 11.9. The molecule has 0 radical (unpaired) electrons. The molecule has 0 fully saturated rings. The highest BCUT2D eigenvalue weighted by Crippen LogP contribution is 2.21. The molecular formula is C11H14N6O5. The second-order valence-corrected chi connectivity index (χ2v) is 4.82. The SMILES string of the molecule is Cc1nc([N+](=O)[O-])c(CC(O)Cc2nc(C)[nH]c2[N+](=O)[O-])[nH]1. The summed E-state index contributed by atoms with van der Waals surface area (Å²) in [7, 11) is 0. The number of rotatable bonds is 6. The summed E-state index contributed by atoms with van der Waals surface area (Å²) in [6, 6.07) is 0. The maximum atomic E-state index is 10.9. The molecule has 0 aliphatic rings. The predicted molar refractivity (Wildman–Crippen MR) is 73.4 cm³/mol. The van der Waals surface area contributed by atoms with Gasteiger partial charge in [0.1, 0.15) is 11.4 Å². The minimum Gasteiger partial charge on any atom is -0.392 e. The van der Waals surface area contributed by atoms with Crippen molar-refractivity contribution in [1.82, 2.24) is 19.9 Å². The lowest BCUT2D eigenvalue weighted by molar-refractivity contribution is -0.390. The van der Waals surface area contributed by atoms with E-state index in [9.17, 15) is 25.3 Å². The van der Waals surface area contributed by atoms with E-state index in [2.05, 4.69) is 19.9 Å². The fraction of sp³-hybridized carbons (Fsp3) is 0.455. The third kappa shape index (κ3) is 3.25. The van der Waals surface area contributed by atoms with Crippen LogP contribution >= 0.6 is 0 Å². The topological polar surface area (TPSA) is 164 Å². The van der Waals surface area contributed by atoms with Crippen molar-refractivity contribution in [3.63, 3.8) is 0 Å². The molecule has 2 heterocycles. The normalized spacial score (nSPS) is 11.1. The Kier molecular flexibility index (Phi) is 4.17. The predicted octanol–water partition coefficient (Wildman–Crippen LogP) is 0.712. The number of aryl methyl sites for hydroxylation is 2. The first kappa shape index (κ1) is 15.6. The summed E-state index contributed by atoms with van der Waals surface area (Å²) < 4.78 is 0. The fourth-order valence-corrected chi connectivity index (χ4v) is 2.17. The van der Waals surface area contributed by atoms with Gasteiger partial charge in [0.2, 0.25) is 5.82 Å². The Morgan fingerprint density at radius 3 is 2.32 bits per heavy atom. The summed E-state index contributed by atoms with van der Waals surface area (Å²) in [6.07, 6.45) is -1.25. The van der Waals surface area contributed by atoms with Gasteiger partial charge in [-0.1, -0.05) is 0 Å². The Morgan fingerprint density at radius 1 is 1.09 bits per heavy atom. The van der Waals surface area contributed by atoms with E-state index in [0.29, 0.717) is 11.6 Å². The molecule has 0 spiro atoms. The fourth-order valence-electron chi connectivity index (χ4n) is 2.17. The zero-order chi connectivity index (χ0) is 16.4. The molecule has 0 saturated carbocycles. The first-order valence-electron chi connectivity index (χ1n) is 6.35. The van der Waals surface area contributed by atoms with Crippen LogP contribution in [0.5, 0.6) is 0 Å². The van der Waals surface area contributed by atoms with Crippen molar-refractivity contribution < 1.29 is 15.0 Å². The summed E-state index contributed by atoms with van der Waals surface area (Å²) in [4.78, 5) is 33.4. The van der Waals surface area contributed by atoms with Crippen molar-refractivity contribution >= 4 is 11.6 Å². The van der Waals surface area contributed by atoms with Crippen molar-refractivity contribution in [2.45, 2.75) is 32.8 Å². The number of hydrogen-bond acceptors (Lipinski definition) is 7. The first-order chi connectivity index (χ1) is 10.3. The Morgan fingerprint density at radius 2 is 1.73 bits per heavy atom. The van der Waals surface area contributed by atoms with Crippen molar-refractivity contribution in [1.29, 1.82) is 0 Å². The highest BCUT2D eigenvalue weighted by Gasteiger charge is 2.25. The van der Waals surface area contributed by atoms with E-state index in [1.807, 2.05) is 0 Å². The summed E-state index contributed by atoms with van der Waals surface area (Å²) in [6.45, 7) is 3.12. The largest absolute Gasteiger partial charge is 0.392 e. The number of nitrogens with one attached hydrogen (secondary N) is 2. The van der Waals surface area contributed by atoms with Crippen molar-refractivity contribution in [3.05, 3.63) is 43.3 Å². The van der Waals surface area contributed by atoms with E-state index < -0.39 is 16.0 Å². The van der Waals surface area contributed by atoms with Crippen molar-refractivity contribution in [3.8, 4) is 0 Å². The third-order valence-electron chi connectivity index (χ3n) is 2.97. The monoisotopic (exact) mass is 310 g/mol. The number of aliphatic hydroxyl groups excluding tert-OH is 1. The molecule has 0 bridgehead atoms. The van der Waals surface area contributed by atoms with Crippen LogP contribution in [-0.2, 0) is 12.8 Å². The van der Waals surface area contributed by atoms with Crippen LogP contribution in [0.4, 0.5) is 11.6 Å². The number of nitro groups is 2. The molecule has 2 aromatic heterocycles. The van der Waals surface area contributed by atoms with Gasteiger partial charge in [-0.15, -0.1) is 0 Å². The molecule has 1 atom stereocenters. The smallest absolute Gasteiger partial charge is 0.384 e. The molecule has 11 nitrogen and oxygen atoms in total. The number of aliphatic hydroxyl groups is 1. The maximum absolute atomic E-state index is 10.9. The Bertz CT molecular complexity index is 660. The maximum Gasteiger partial charge on any atom is 0.384 e. The van der Waals surface area contributed by atoms with Gasteiger partial charge in [-0.3, -0.25) is 0 Å². The lowest BCUT2D eigenvalue weighted by Crippen LogP contribution is -2.16. The van der Waals surface area contributed by atoms with Gasteiger partial charge in [0.15, 0.2) is 5.82 Å². The number of nitrogens with zero attached hydrogens (tertiary/aromatic N) is 4. The average molecular weight is 310 g/mol. The molecule has 11 heteroatoms. The van der Waals surface area contributed by atoms with Gasteiger partial charge in [-0.2, -0.15) is 0 Å². The third-order valence-corrected chi connectivity index (χ3v) is 2.97. The van der Waals surface area contributed by atoms with Crippen LogP contribution in [0.25, 0.3) is 0 Å². The summed E-state index contributed by atoms with van der Waals surface area (Å²) in [5.74, 6) is 0.0730. The van der Waals surface area contributed by atoms with E-state index >= 15 is 0 Å².